The molecule has 0 nitrogen and oxygen atoms in total. The Bertz CT molecular complexity index is 2110. The maximum absolute atomic E-state index is 2.33. The van der Waals surface area contributed by atoms with E-state index < -0.39 is 0 Å². The van der Waals surface area contributed by atoms with Crippen molar-refractivity contribution >= 4 is 98.1 Å². The monoisotopic (exact) mass is 544 g/mol. The zero-order valence-corrected chi connectivity index (χ0v) is 23.3. The summed E-state index contributed by atoms with van der Waals surface area (Å²) in [6.07, 6.45) is 8.88. The van der Waals surface area contributed by atoms with E-state index in [0.29, 0.717) is 0 Å². The van der Waals surface area contributed by atoms with Crippen LogP contribution < -0.4 is 0 Å². The van der Waals surface area contributed by atoms with Crippen molar-refractivity contribution in [2.45, 2.75) is 0 Å². The van der Waals surface area contributed by atoms with Crippen LogP contribution in [0.1, 0.15) is 22.3 Å². The molecule has 2 heteroatoms. The molecule has 188 valence electrons. The summed E-state index contributed by atoms with van der Waals surface area (Å²) in [5.41, 5.74) is 4.92. The van der Waals surface area contributed by atoms with Crippen LogP contribution in [0.15, 0.2) is 121 Å². The topological polar surface area (TPSA) is 0 Å². The second-order valence-electron chi connectivity index (χ2n) is 10.3. The molecule has 0 N–H and O–H groups in total. The number of hydrogen-bond acceptors (Lipinski definition) is 2. The van der Waals surface area contributed by atoms with Gasteiger partial charge in [-0.2, -0.15) is 0 Å². The van der Waals surface area contributed by atoms with Gasteiger partial charge in [-0.15, -0.1) is 22.7 Å². The molecule has 0 saturated carbocycles. The Kier molecular flexibility index (Phi) is 5.62. The highest BCUT2D eigenvalue weighted by Gasteiger charge is 2.12. The molecule has 0 saturated heterocycles. The fourth-order valence-electron chi connectivity index (χ4n) is 5.50. The van der Waals surface area contributed by atoms with Crippen LogP contribution in [0.3, 0.4) is 0 Å². The van der Waals surface area contributed by atoms with Crippen LogP contribution in [0, 0.1) is 0 Å². The third kappa shape index (κ3) is 4.23. The third-order valence-electron chi connectivity index (χ3n) is 7.61. The molecule has 0 bridgehead atoms. The highest BCUT2D eigenvalue weighted by Crippen LogP contribution is 2.44. The molecule has 0 unspecified atom stereocenters. The van der Waals surface area contributed by atoms with E-state index >= 15 is 0 Å². The molecule has 0 amide bonds. The minimum atomic E-state index is 1.22. The smallest absolute Gasteiger partial charge is 0.0542 e. The van der Waals surface area contributed by atoms with Crippen molar-refractivity contribution in [2.75, 3.05) is 0 Å². The molecule has 0 fully saturated rings. The van der Waals surface area contributed by atoms with Gasteiger partial charge in [0, 0.05) is 20.2 Å². The quantitative estimate of drug-likeness (QED) is 0.193. The summed E-state index contributed by atoms with van der Waals surface area (Å²) in [6, 6.07) is 44.1. The van der Waals surface area contributed by atoms with E-state index in [4.69, 9.17) is 0 Å². The molecule has 8 aromatic rings. The second kappa shape index (κ2) is 9.60. The number of fused-ring (bicyclic) bond motifs is 7. The van der Waals surface area contributed by atoms with Crippen LogP contribution in [0.2, 0.25) is 0 Å². The highest BCUT2D eigenvalue weighted by atomic mass is 32.1. The highest BCUT2D eigenvalue weighted by molar-refractivity contribution is 7.36. The van der Waals surface area contributed by atoms with Gasteiger partial charge in [0.1, 0.15) is 0 Å². The SMILES string of the molecule is C(=C\c1ccc2c(c1)sc1c3ccc(/C=C/c4ccc5ccccc5c4)cc3sc21)/c1ccc2ccccc2c1. The molecular weight excluding hydrogens is 521 g/mol. The Morgan fingerprint density at radius 1 is 0.350 bits per heavy atom. The molecule has 2 aromatic heterocycles. The molecule has 0 aliphatic carbocycles. The van der Waals surface area contributed by atoms with E-state index in [1.165, 1.54) is 73.4 Å². The van der Waals surface area contributed by atoms with E-state index in [-0.39, 0.29) is 0 Å². The fourth-order valence-corrected chi connectivity index (χ4v) is 8.25. The summed E-state index contributed by atoms with van der Waals surface area (Å²) in [4.78, 5) is 0. The van der Waals surface area contributed by atoms with Crippen molar-refractivity contribution in [2.24, 2.45) is 0 Å². The molecule has 0 atom stereocenters. The van der Waals surface area contributed by atoms with Gasteiger partial charge >= 0.3 is 0 Å². The Hall–Kier alpha value is -4.50. The molecule has 8 rings (SSSR count). The van der Waals surface area contributed by atoms with E-state index in [1.807, 2.05) is 22.7 Å². The minimum Gasteiger partial charge on any atom is -0.134 e. The molecule has 2 heterocycles. The van der Waals surface area contributed by atoms with Crippen LogP contribution in [-0.4, -0.2) is 0 Å². The van der Waals surface area contributed by atoms with Gasteiger partial charge in [0.15, 0.2) is 0 Å². The minimum absolute atomic E-state index is 1.22. The first-order valence-corrected chi connectivity index (χ1v) is 15.1. The van der Waals surface area contributed by atoms with Crippen molar-refractivity contribution in [3.8, 4) is 0 Å². The van der Waals surface area contributed by atoms with E-state index in [1.54, 1.807) is 0 Å². The lowest BCUT2D eigenvalue weighted by Crippen LogP contribution is -1.76. The summed E-state index contributed by atoms with van der Waals surface area (Å²) in [5.74, 6) is 0. The van der Waals surface area contributed by atoms with Crippen molar-refractivity contribution in [3.05, 3.63) is 144 Å². The molecule has 40 heavy (non-hydrogen) atoms. The van der Waals surface area contributed by atoms with Gasteiger partial charge < -0.3 is 0 Å². The zero-order valence-electron chi connectivity index (χ0n) is 21.7. The molecule has 6 aromatic carbocycles. The van der Waals surface area contributed by atoms with Crippen molar-refractivity contribution in [1.82, 2.24) is 0 Å². The van der Waals surface area contributed by atoms with Crippen molar-refractivity contribution < 1.29 is 0 Å². The van der Waals surface area contributed by atoms with Gasteiger partial charge in [-0.05, 0) is 68.1 Å². The third-order valence-corrected chi connectivity index (χ3v) is 10.1. The van der Waals surface area contributed by atoms with E-state index in [9.17, 15) is 0 Å². The predicted octanol–water partition coefficient (Wildman–Crippen LogP) is 11.9. The van der Waals surface area contributed by atoms with Crippen LogP contribution in [0.4, 0.5) is 0 Å². The summed E-state index contributed by atoms with van der Waals surface area (Å²) < 4.78 is 5.50. The summed E-state index contributed by atoms with van der Waals surface area (Å²) in [5, 5.41) is 7.82. The molecular formula is C38H24S2. The maximum atomic E-state index is 2.33. The van der Waals surface area contributed by atoms with E-state index in [0.717, 1.165) is 0 Å². The number of hydrogen-bond donors (Lipinski definition) is 0. The first kappa shape index (κ1) is 23.4. The van der Waals surface area contributed by atoms with Crippen LogP contribution >= 0.6 is 22.7 Å². The number of rotatable bonds is 4. The molecule has 0 spiro atoms. The van der Waals surface area contributed by atoms with Gasteiger partial charge in [0.25, 0.3) is 0 Å². The average molecular weight is 545 g/mol. The van der Waals surface area contributed by atoms with Gasteiger partial charge in [0.05, 0.1) is 9.40 Å². The largest absolute Gasteiger partial charge is 0.134 e. The first-order valence-electron chi connectivity index (χ1n) is 13.5. The normalized spacial score (nSPS) is 12.3. The Morgan fingerprint density at radius 2 is 0.725 bits per heavy atom. The zero-order chi connectivity index (χ0) is 26.5. The maximum Gasteiger partial charge on any atom is 0.0542 e. The van der Waals surface area contributed by atoms with Crippen molar-refractivity contribution in [1.29, 1.82) is 0 Å². The first-order chi connectivity index (χ1) is 19.8. The van der Waals surface area contributed by atoms with Crippen molar-refractivity contribution in [3.63, 3.8) is 0 Å². The Labute approximate surface area is 240 Å². The average Bonchev–Trinajstić information content (AvgIpc) is 3.54. The van der Waals surface area contributed by atoms with Gasteiger partial charge in [0.2, 0.25) is 0 Å². The predicted molar refractivity (Wildman–Crippen MR) is 180 cm³/mol. The van der Waals surface area contributed by atoms with Gasteiger partial charge in [-0.25, -0.2) is 0 Å². The second-order valence-corrected chi connectivity index (χ2v) is 12.4. The van der Waals surface area contributed by atoms with Gasteiger partial charge in [-0.1, -0.05) is 121 Å². The lowest BCUT2D eigenvalue weighted by Gasteiger charge is -2.00. The van der Waals surface area contributed by atoms with Crippen LogP contribution in [0.5, 0.6) is 0 Å². The lowest BCUT2D eigenvalue weighted by molar-refractivity contribution is 1.70. The number of benzene rings is 6. The lowest BCUT2D eigenvalue weighted by atomic mass is 10.1. The Morgan fingerprint density at radius 3 is 1.18 bits per heavy atom. The molecule has 0 aliphatic rings. The molecule has 0 aliphatic heterocycles. The summed E-state index contributed by atoms with van der Waals surface area (Å²) >= 11 is 3.82. The fraction of sp³-hybridized carbons (Fsp3) is 0. The van der Waals surface area contributed by atoms with Gasteiger partial charge in [-0.3, -0.25) is 0 Å². The Balaban J connectivity index is 1.09. The summed E-state index contributed by atoms with van der Waals surface area (Å²) in [7, 11) is 0. The molecule has 0 radical (unpaired) electrons. The van der Waals surface area contributed by atoms with Crippen LogP contribution in [-0.2, 0) is 0 Å². The van der Waals surface area contributed by atoms with Crippen LogP contribution in [0.25, 0.3) is 75.4 Å². The van der Waals surface area contributed by atoms with E-state index in [2.05, 4.69) is 146 Å². The standard InChI is InChI=1S/C38H24S2/c1-3-7-31-21-25(13-17-29(31)5-1)9-11-27-15-19-33-35(23-27)39-38-34-20-16-28(24-36(34)40-37(33)38)12-10-26-14-18-30-6-2-4-8-32(30)22-26/h1-24H/b11-9+,12-10+. The summed E-state index contributed by atoms with van der Waals surface area (Å²) in [6.45, 7) is 0. The number of thiophene rings is 2.